The fourth-order valence-electron chi connectivity index (χ4n) is 0.693. The number of rotatable bonds is 0. The van der Waals surface area contributed by atoms with Crippen molar-refractivity contribution in [3.05, 3.63) is 16.6 Å². The van der Waals surface area contributed by atoms with Gasteiger partial charge in [0.1, 0.15) is 11.3 Å². The molecular formula is C10H11NO2S. The molecule has 1 aromatic heterocycles. The van der Waals surface area contributed by atoms with Gasteiger partial charge >= 0.3 is 5.97 Å². The predicted molar refractivity (Wildman–Crippen MR) is 54.8 cm³/mol. The molecule has 1 heterocycles. The maximum absolute atomic E-state index is 11.1. The van der Waals surface area contributed by atoms with E-state index in [-0.39, 0.29) is 0 Å². The van der Waals surface area contributed by atoms with E-state index in [9.17, 15) is 4.79 Å². The number of thiazole rings is 1. The van der Waals surface area contributed by atoms with E-state index in [4.69, 9.17) is 4.74 Å². The number of ether oxygens (including phenoxy) is 1. The standard InChI is InChI=1S/C10H11NO2S/c1-10(2,3)13-9(12)5-4-8-6-14-7-11-8/h6-7H,1-3H3. The van der Waals surface area contributed by atoms with Crippen LogP contribution in [0.5, 0.6) is 0 Å². The summed E-state index contributed by atoms with van der Waals surface area (Å²) in [5, 5.41) is 1.78. The number of carbonyl (C=O) groups is 1. The van der Waals surface area contributed by atoms with Gasteiger partial charge in [0.25, 0.3) is 0 Å². The number of nitrogens with zero attached hydrogens (tertiary/aromatic N) is 1. The quantitative estimate of drug-likeness (QED) is 0.483. The first-order valence-electron chi connectivity index (χ1n) is 4.10. The number of hydrogen-bond donors (Lipinski definition) is 0. The molecule has 0 spiro atoms. The molecule has 0 unspecified atom stereocenters. The minimum atomic E-state index is -0.523. The lowest BCUT2D eigenvalue weighted by molar-refractivity contribution is -0.147. The Bertz CT molecular complexity index is 365. The molecule has 0 saturated carbocycles. The Hall–Kier alpha value is -1.34. The van der Waals surface area contributed by atoms with E-state index in [1.54, 1.807) is 31.7 Å². The Balaban J connectivity index is 2.57. The van der Waals surface area contributed by atoms with E-state index in [2.05, 4.69) is 16.8 Å². The Labute approximate surface area is 87.1 Å². The van der Waals surface area contributed by atoms with Gasteiger partial charge in [0, 0.05) is 11.3 Å². The topological polar surface area (TPSA) is 39.2 Å². The predicted octanol–water partition coefficient (Wildman–Crippen LogP) is 1.84. The van der Waals surface area contributed by atoms with Crippen molar-refractivity contribution in [2.75, 3.05) is 0 Å². The summed E-state index contributed by atoms with van der Waals surface area (Å²) in [5.41, 5.74) is 1.77. The van der Waals surface area contributed by atoms with Gasteiger partial charge in [-0.05, 0) is 26.7 Å². The van der Waals surface area contributed by atoms with Gasteiger partial charge in [0.05, 0.1) is 5.51 Å². The summed E-state index contributed by atoms with van der Waals surface area (Å²) in [6.45, 7) is 5.40. The molecule has 4 heteroatoms. The van der Waals surface area contributed by atoms with Gasteiger partial charge in [-0.1, -0.05) is 0 Å². The van der Waals surface area contributed by atoms with Crippen molar-refractivity contribution in [3.8, 4) is 11.8 Å². The van der Waals surface area contributed by atoms with Gasteiger partial charge < -0.3 is 4.74 Å². The average molecular weight is 209 g/mol. The maximum Gasteiger partial charge on any atom is 0.385 e. The normalized spacial score (nSPS) is 10.2. The highest BCUT2D eigenvalue weighted by molar-refractivity contribution is 7.07. The van der Waals surface area contributed by atoms with Crippen molar-refractivity contribution >= 4 is 17.3 Å². The Kier molecular flexibility index (Phi) is 3.26. The third-order valence-corrected chi connectivity index (χ3v) is 1.71. The molecule has 0 saturated heterocycles. The van der Waals surface area contributed by atoms with E-state index in [1.807, 2.05) is 0 Å². The van der Waals surface area contributed by atoms with Crippen LogP contribution in [0.2, 0.25) is 0 Å². The van der Waals surface area contributed by atoms with Crippen molar-refractivity contribution in [1.82, 2.24) is 4.98 Å². The minimum absolute atomic E-state index is 0.492. The fraction of sp³-hybridized carbons (Fsp3) is 0.400. The third kappa shape index (κ3) is 4.06. The minimum Gasteiger partial charge on any atom is -0.450 e. The van der Waals surface area contributed by atoms with Crippen LogP contribution in [-0.4, -0.2) is 16.6 Å². The van der Waals surface area contributed by atoms with Gasteiger partial charge in [0.15, 0.2) is 0 Å². The molecule has 74 valence electrons. The Morgan fingerprint density at radius 2 is 2.29 bits per heavy atom. The number of esters is 1. The zero-order valence-electron chi connectivity index (χ0n) is 8.33. The zero-order chi connectivity index (χ0) is 10.6. The largest absolute Gasteiger partial charge is 0.450 e. The lowest BCUT2D eigenvalue weighted by Crippen LogP contribution is -2.22. The summed E-state index contributed by atoms with van der Waals surface area (Å²) < 4.78 is 5.00. The van der Waals surface area contributed by atoms with Crippen LogP contribution in [0.15, 0.2) is 10.9 Å². The van der Waals surface area contributed by atoms with Crippen molar-refractivity contribution in [2.24, 2.45) is 0 Å². The SMILES string of the molecule is CC(C)(C)OC(=O)C#Cc1cscn1. The van der Waals surface area contributed by atoms with Crippen LogP contribution in [0.25, 0.3) is 0 Å². The molecule has 0 amide bonds. The Morgan fingerprint density at radius 1 is 1.57 bits per heavy atom. The lowest BCUT2D eigenvalue weighted by atomic mass is 10.2. The van der Waals surface area contributed by atoms with Gasteiger partial charge in [-0.3, -0.25) is 0 Å². The molecule has 0 atom stereocenters. The average Bonchev–Trinajstić information content (AvgIpc) is 2.49. The second kappa shape index (κ2) is 4.25. The molecule has 3 nitrogen and oxygen atoms in total. The van der Waals surface area contributed by atoms with Crippen LogP contribution >= 0.6 is 11.3 Å². The molecule has 0 radical (unpaired) electrons. The second-order valence-electron chi connectivity index (χ2n) is 3.63. The van der Waals surface area contributed by atoms with E-state index in [0.717, 1.165) is 0 Å². The highest BCUT2D eigenvalue weighted by atomic mass is 32.1. The molecule has 0 aromatic carbocycles. The first-order chi connectivity index (χ1) is 6.47. The molecule has 0 aliphatic carbocycles. The maximum atomic E-state index is 11.1. The molecule has 0 aliphatic rings. The fourth-order valence-corrected chi connectivity index (χ4v) is 1.18. The lowest BCUT2D eigenvalue weighted by Gasteiger charge is -2.16. The molecule has 0 N–H and O–H groups in total. The van der Waals surface area contributed by atoms with E-state index in [1.165, 1.54) is 11.3 Å². The monoisotopic (exact) mass is 209 g/mol. The molecular weight excluding hydrogens is 198 g/mol. The van der Waals surface area contributed by atoms with Crippen molar-refractivity contribution in [3.63, 3.8) is 0 Å². The first-order valence-corrected chi connectivity index (χ1v) is 5.05. The van der Waals surface area contributed by atoms with Gasteiger partial charge in [0.2, 0.25) is 0 Å². The zero-order valence-corrected chi connectivity index (χ0v) is 9.14. The first kappa shape index (κ1) is 10.7. The molecule has 0 bridgehead atoms. The van der Waals surface area contributed by atoms with Crippen molar-refractivity contribution in [1.29, 1.82) is 0 Å². The summed E-state index contributed by atoms with van der Waals surface area (Å²) in [6.07, 6.45) is 0. The summed E-state index contributed by atoms with van der Waals surface area (Å²) in [7, 11) is 0. The summed E-state index contributed by atoms with van der Waals surface area (Å²) in [6, 6.07) is 0. The molecule has 14 heavy (non-hydrogen) atoms. The van der Waals surface area contributed by atoms with Gasteiger partial charge in [-0.2, -0.15) is 0 Å². The van der Waals surface area contributed by atoms with E-state index >= 15 is 0 Å². The van der Waals surface area contributed by atoms with Crippen molar-refractivity contribution in [2.45, 2.75) is 26.4 Å². The summed E-state index contributed by atoms with van der Waals surface area (Å²) in [5.74, 6) is 4.47. The highest BCUT2D eigenvalue weighted by Gasteiger charge is 2.14. The number of aromatic nitrogens is 1. The van der Waals surface area contributed by atoms with E-state index < -0.39 is 11.6 Å². The van der Waals surface area contributed by atoms with Crippen LogP contribution < -0.4 is 0 Å². The number of hydrogen-bond acceptors (Lipinski definition) is 4. The smallest absolute Gasteiger partial charge is 0.385 e. The van der Waals surface area contributed by atoms with Crippen LogP contribution in [0.3, 0.4) is 0 Å². The molecule has 1 aromatic rings. The van der Waals surface area contributed by atoms with Crippen LogP contribution in [0, 0.1) is 11.8 Å². The summed E-state index contributed by atoms with van der Waals surface area (Å²) in [4.78, 5) is 15.1. The second-order valence-corrected chi connectivity index (χ2v) is 4.34. The highest BCUT2D eigenvalue weighted by Crippen LogP contribution is 2.06. The summed E-state index contributed by atoms with van der Waals surface area (Å²) >= 11 is 1.44. The van der Waals surface area contributed by atoms with Gasteiger partial charge in [-0.15, -0.1) is 11.3 Å². The Morgan fingerprint density at radius 3 is 2.79 bits per heavy atom. The molecule has 1 rings (SSSR count). The third-order valence-electron chi connectivity index (χ3n) is 1.12. The van der Waals surface area contributed by atoms with Crippen LogP contribution in [0.1, 0.15) is 26.5 Å². The number of carbonyl (C=O) groups excluding carboxylic acids is 1. The van der Waals surface area contributed by atoms with Crippen molar-refractivity contribution < 1.29 is 9.53 Å². The molecule has 0 aliphatic heterocycles. The van der Waals surface area contributed by atoms with E-state index in [0.29, 0.717) is 5.69 Å². The molecule has 0 fully saturated rings. The van der Waals surface area contributed by atoms with Crippen LogP contribution in [-0.2, 0) is 9.53 Å². The van der Waals surface area contributed by atoms with Gasteiger partial charge in [-0.25, -0.2) is 9.78 Å². The van der Waals surface area contributed by atoms with Crippen LogP contribution in [0.4, 0.5) is 0 Å².